The van der Waals surface area contributed by atoms with E-state index in [1.54, 1.807) is 6.26 Å². The van der Waals surface area contributed by atoms with Crippen LogP contribution in [0.4, 0.5) is 5.69 Å². The molecule has 1 spiro atoms. The highest BCUT2D eigenvalue weighted by Gasteiger charge is 2.52. The van der Waals surface area contributed by atoms with Crippen LogP contribution in [0.1, 0.15) is 41.9 Å². The van der Waals surface area contributed by atoms with Gasteiger partial charge in [0.05, 0.1) is 12.2 Å². The summed E-state index contributed by atoms with van der Waals surface area (Å²) in [5.41, 5.74) is 5.66. The highest BCUT2D eigenvalue weighted by molar-refractivity contribution is 6.30. The molecule has 2 aliphatic carbocycles. The molecule has 0 radical (unpaired) electrons. The maximum absolute atomic E-state index is 12.3. The van der Waals surface area contributed by atoms with Gasteiger partial charge in [0.25, 0.3) is 0 Å². The third kappa shape index (κ3) is 3.48. The van der Waals surface area contributed by atoms with Crippen molar-refractivity contribution in [3.05, 3.63) is 101 Å². The zero-order chi connectivity index (χ0) is 23.3. The van der Waals surface area contributed by atoms with E-state index in [-0.39, 0.29) is 17.4 Å². The first-order valence-electron chi connectivity index (χ1n) is 11.8. The van der Waals surface area contributed by atoms with Gasteiger partial charge in [0, 0.05) is 27.6 Å². The molecular weight excluding hydrogens is 446 g/mol. The van der Waals surface area contributed by atoms with E-state index in [0.717, 1.165) is 35.9 Å². The van der Waals surface area contributed by atoms with Crippen molar-refractivity contribution in [2.75, 3.05) is 5.32 Å². The second-order valence-corrected chi connectivity index (χ2v) is 10.2. The lowest BCUT2D eigenvalue weighted by Crippen LogP contribution is -2.47. The quantitative estimate of drug-likeness (QED) is 0.335. The number of halogens is 1. The molecule has 4 atom stereocenters. The first kappa shape index (κ1) is 21.3. The Morgan fingerprint density at radius 1 is 1.06 bits per heavy atom. The summed E-state index contributed by atoms with van der Waals surface area (Å²) >= 11 is 6.23. The third-order valence-corrected chi connectivity index (χ3v) is 8.22. The molecule has 0 amide bonds. The van der Waals surface area contributed by atoms with Crippen molar-refractivity contribution >= 4 is 34.2 Å². The van der Waals surface area contributed by atoms with Gasteiger partial charge in [-0.2, -0.15) is 0 Å². The van der Waals surface area contributed by atoms with Crippen LogP contribution in [0.5, 0.6) is 0 Å². The molecule has 2 aliphatic rings. The monoisotopic (exact) mass is 471 g/mol. The average molecular weight is 472 g/mol. The molecule has 0 aliphatic heterocycles. The minimum Gasteiger partial charge on any atom is -0.481 e. The van der Waals surface area contributed by atoms with Crippen molar-refractivity contribution in [3.8, 4) is 0 Å². The van der Waals surface area contributed by atoms with Crippen molar-refractivity contribution in [2.24, 2.45) is 5.92 Å². The number of furan rings is 1. The number of benzene rings is 3. The van der Waals surface area contributed by atoms with Gasteiger partial charge in [-0.15, -0.1) is 0 Å². The molecule has 4 nitrogen and oxygen atoms in total. The van der Waals surface area contributed by atoms with Crippen LogP contribution in [0, 0.1) is 5.92 Å². The maximum Gasteiger partial charge on any atom is 0.308 e. The molecular formula is C29H26ClNO3. The van der Waals surface area contributed by atoms with E-state index >= 15 is 0 Å². The first-order chi connectivity index (χ1) is 16.5. The van der Waals surface area contributed by atoms with Gasteiger partial charge in [0.15, 0.2) is 0 Å². The minimum absolute atomic E-state index is 0.129. The van der Waals surface area contributed by atoms with Crippen LogP contribution in [-0.4, -0.2) is 17.1 Å². The van der Waals surface area contributed by atoms with Crippen LogP contribution in [-0.2, 0) is 16.6 Å². The average Bonchev–Trinajstić information content (AvgIpc) is 3.42. The Balaban J connectivity index is 1.43. The molecule has 3 aromatic carbocycles. The molecule has 1 fully saturated rings. The summed E-state index contributed by atoms with van der Waals surface area (Å²) in [5, 5.41) is 15.4. The fourth-order valence-corrected chi connectivity index (χ4v) is 6.67. The van der Waals surface area contributed by atoms with E-state index < -0.39 is 11.9 Å². The molecule has 5 heteroatoms. The molecule has 0 bridgehead atoms. The largest absolute Gasteiger partial charge is 0.481 e. The summed E-state index contributed by atoms with van der Waals surface area (Å²) in [7, 11) is 0. The fraction of sp³-hybridized carbons (Fsp3) is 0.276. The molecule has 0 saturated heterocycles. The fourth-order valence-electron chi connectivity index (χ4n) is 6.48. The van der Waals surface area contributed by atoms with Crippen molar-refractivity contribution < 1.29 is 14.3 Å². The standard InChI is InChI=1S/C29H26ClNO3/c30-21-5-3-6-22(16-21)31-26-17-29(12-10-23(26)28(32)33)24-7-2-1-4-18(24)15-25(29)19-8-9-27-20(14-19)11-13-34-27/h1-9,11,13-14,16,23,25-26,31H,10,12,15,17H2,(H,32,33)/t23-,25+,26?,29-/m0/s1. The van der Waals surface area contributed by atoms with E-state index in [4.69, 9.17) is 16.0 Å². The van der Waals surface area contributed by atoms with Gasteiger partial charge >= 0.3 is 5.97 Å². The zero-order valence-electron chi connectivity index (χ0n) is 18.7. The SMILES string of the molecule is O=C(O)[C@H]1CC[C@]2(CC1Nc1cccc(Cl)c1)c1ccccc1C[C@@H]2c1ccc2occc2c1. The second-order valence-electron chi connectivity index (χ2n) is 9.74. The topological polar surface area (TPSA) is 62.5 Å². The number of carboxylic acid groups (broad SMARTS) is 1. The highest BCUT2D eigenvalue weighted by atomic mass is 35.5. The molecule has 1 aromatic heterocycles. The Kier molecular flexibility index (Phi) is 5.14. The number of rotatable bonds is 4. The molecule has 1 heterocycles. The van der Waals surface area contributed by atoms with E-state index in [1.165, 1.54) is 16.7 Å². The Hall–Kier alpha value is -3.24. The summed E-state index contributed by atoms with van der Waals surface area (Å²) in [6.07, 6.45) is 4.93. The van der Waals surface area contributed by atoms with Gasteiger partial charge < -0.3 is 14.8 Å². The van der Waals surface area contributed by atoms with Gasteiger partial charge in [-0.05, 0) is 84.7 Å². The van der Waals surface area contributed by atoms with Crippen LogP contribution in [0.25, 0.3) is 11.0 Å². The lowest BCUT2D eigenvalue weighted by Gasteiger charge is -2.46. The summed E-state index contributed by atoms with van der Waals surface area (Å²) in [4.78, 5) is 12.3. The molecule has 2 N–H and O–H groups in total. The molecule has 172 valence electrons. The van der Waals surface area contributed by atoms with Gasteiger partial charge in [-0.25, -0.2) is 0 Å². The van der Waals surface area contributed by atoms with E-state index in [1.807, 2.05) is 30.3 Å². The first-order valence-corrected chi connectivity index (χ1v) is 12.2. The normalized spacial score (nSPS) is 26.0. The predicted molar refractivity (Wildman–Crippen MR) is 135 cm³/mol. The van der Waals surface area contributed by atoms with E-state index in [0.29, 0.717) is 11.4 Å². The lowest BCUT2D eigenvalue weighted by molar-refractivity contribution is -0.143. The zero-order valence-corrected chi connectivity index (χ0v) is 19.5. The van der Waals surface area contributed by atoms with E-state index in [9.17, 15) is 9.90 Å². The summed E-state index contributed by atoms with van der Waals surface area (Å²) in [5.74, 6) is -0.908. The second kappa shape index (κ2) is 8.21. The number of nitrogens with one attached hydrogen (secondary N) is 1. The number of hydrogen-bond donors (Lipinski definition) is 2. The Morgan fingerprint density at radius 2 is 1.94 bits per heavy atom. The van der Waals surface area contributed by atoms with E-state index in [2.05, 4.69) is 47.8 Å². The molecule has 1 saturated carbocycles. The number of fused-ring (bicyclic) bond motifs is 3. The molecule has 4 aromatic rings. The van der Waals surface area contributed by atoms with Crippen LogP contribution in [0.3, 0.4) is 0 Å². The van der Waals surface area contributed by atoms with Crippen LogP contribution in [0.15, 0.2) is 83.5 Å². The Labute approximate surface area is 203 Å². The third-order valence-electron chi connectivity index (χ3n) is 7.99. The van der Waals surface area contributed by atoms with Crippen LogP contribution < -0.4 is 5.32 Å². The summed E-state index contributed by atoms with van der Waals surface area (Å²) in [6.45, 7) is 0. The molecule has 1 unspecified atom stereocenters. The highest BCUT2D eigenvalue weighted by Crippen LogP contribution is 2.57. The molecule has 6 rings (SSSR count). The van der Waals surface area contributed by atoms with Crippen molar-refractivity contribution in [1.29, 1.82) is 0 Å². The van der Waals surface area contributed by atoms with Gasteiger partial charge in [0.1, 0.15) is 5.58 Å². The maximum atomic E-state index is 12.3. The Morgan fingerprint density at radius 3 is 2.79 bits per heavy atom. The number of carboxylic acids is 1. The number of carbonyl (C=O) groups is 1. The van der Waals surface area contributed by atoms with Gasteiger partial charge in [-0.1, -0.05) is 48.0 Å². The van der Waals surface area contributed by atoms with Crippen molar-refractivity contribution in [2.45, 2.75) is 43.1 Å². The number of hydrogen-bond acceptors (Lipinski definition) is 3. The smallest absolute Gasteiger partial charge is 0.308 e. The number of anilines is 1. The van der Waals surface area contributed by atoms with Crippen LogP contribution in [0.2, 0.25) is 5.02 Å². The van der Waals surface area contributed by atoms with Crippen molar-refractivity contribution in [3.63, 3.8) is 0 Å². The van der Waals surface area contributed by atoms with Gasteiger partial charge in [-0.3, -0.25) is 4.79 Å². The van der Waals surface area contributed by atoms with Crippen molar-refractivity contribution in [1.82, 2.24) is 0 Å². The van der Waals surface area contributed by atoms with Gasteiger partial charge in [0.2, 0.25) is 0 Å². The number of aliphatic carboxylic acids is 1. The summed E-state index contributed by atoms with van der Waals surface area (Å²) in [6, 6.07) is 24.6. The summed E-state index contributed by atoms with van der Waals surface area (Å²) < 4.78 is 5.58. The Bertz CT molecular complexity index is 1380. The minimum atomic E-state index is -0.739. The molecule has 34 heavy (non-hydrogen) atoms. The lowest BCUT2D eigenvalue weighted by atomic mass is 9.60. The predicted octanol–water partition coefficient (Wildman–Crippen LogP) is 7.03. The van der Waals surface area contributed by atoms with Crippen LogP contribution >= 0.6 is 11.6 Å².